The molecule has 144 valence electrons. The number of nitrogens with zero attached hydrogens (tertiary/aromatic N) is 1. The average Bonchev–Trinajstić information content (AvgIpc) is 3.15. The summed E-state index contributed by atoms with van der Waals surface area (Å²) in [5.74, 6) is -0.986. The van der Waals surface area contributed by atoms with E-state index in [4.69, 9.17) is 10.5 Å². The van der Waals surface area contributed by atoms with Crippen molar-refractivity contribution in [3.63, 3.8) is 0 Å². The molecule has 1 amide bonds. The number of halogens is 1. The fourth-order valence-corrected chi connectivity index (χ4v) is 3.40. The van der Waals surface area contributed by atoms with E-state index in [0.29, 0.717) is 22.8 Å². The van der Waals surface area contributed by atoms with Crippen molar-refractivity contribution in [1.29, 1.82) is 0 Å². The molecule has 3 aromatic rings. The van der Waals surface area contributed by atoms with Crippen molar-refractivity contribution in [3.05, 3.63) is 63.9 Å². The molecule has 8 heteroatoms. The fourth-order valence-electron chi connectivity index (χ4n) is 2.41. The number of hydrogen-bond donors (Lipinski definition) is 2. The molecule has 0 fully saturated rings. The number of amides is 1. The molecule has 0 aliphatic heterocycles. The number of thiazole rings is 1. The summed E-state index contributed by atoms with van der Waals surface area (Å²) in [6.07, 6.45) is -0.567. The topological polar surface area (TPSA) is 94.3 Å². The van der Waals surface area contributed by atoms with Crippen molar-refractivity contribution in [3.8, 4) is 11.3 Å². The molecule has 6 nitrogen and oxygen atoms in total. The number of aromatic nitrogens is 1. The Morgan fingerprint density at radius 3 is 2.50 bits per heavy atom. The van der Waals surface area contributed by atoms with E-state index in [0.717, 1.165) is 15.7 Å². The van der Waals surface area contributed by atoms with Crippen LogP contribution < -0.4 is 11.1 Å². The summed E-state index contributed by atoms with van der Waals surface area (Å²) in [5.41, 5.74) is 8.21. The Balaban J connectivity index is 1.64. The van der Waals surface area contributed by atoms with Crippen LogP contribution in [0, 0.1) is 0 Å². The van der Waals surface area contributed by atoms with Crippen LogP contribution in [0.3, 0.4) is 0 Å². The second kappa shape index (κ2) is 8.99. The monoisotopic (exact) mass is 459 g/mol. The van der Waals surface area contributed by atoms with Gasteiger partial charge in [0, 0.05) is 21.1 Å². The fraction of sp³-hybridized carbons (Fsp3) is 0.150. The Bertz CT molecular complexity index is 971. The third kappa shape index (κ3) is 4.96. The van der Waals surface area contributed by atoms with Crippen molar-refractivity contribution in [1.82, 2.24) is 4.98 Å². The highest BCUT2D eigenvalue weighted by Gasteiger charge is 2.23. The molecule has 28 heavy (non-hydrogen) atoms. The number of benzene rings is 2. The van der Waals surface area contributed by atoms with Crippen molar-refractivity contribution >= 4 is 50.0 Å². The summed E-state index contributed by atoms with van der Waals surface area (Å²) in [7, 11) is 0. The molecule has 1 heterocycles. The molecule has 0 saturated carbocycles. The predicted molar refractivity (Wildman–Crippen MR) is 114 cm³/mol. The first-order valence-corrected chi connectivity index (χ1v) is 10.2. The van der Waals surface area contributed by atoms with Crippen LogP contribution in [-0.2, 0) is 9.53 Å². The van der Waals surface area contributed by atoms with Crippen LogP contribution in [0.5, 0.6) is 0 Å². The van der Waals surface area contributed by atoms with E-state index < -0.39 is 18.0 Å². The quantitative estimate of drug-likeness (QED) is 0.410. The zero-order valence-electron chi connectivity index (χ0n) is 15.0. The average molecular weight is 460 g/mol. The molecule has 0 aliphatic rings. The molecule has 2 aromatic carbocycles. The minimum absolute atomic E-state index is 0.340. The number of carbonyl (C=O) groups is 2. The third-order valence-corrected chi connectivity index (χ3v) is 5.22. The van der Waals surface area contributed by atoms with Gasteiger partial charge in [0.15, 0.2) is 11.2 Å². The maximum atomic E-state index is 12.5. The van der Waals surface area contributed by atoms with E-state index in [1.807, 2.05) is 29.6 Å². The van der Waals surface area contributed by atoms with Gasteiger partial charge in [0.1, 0.15) is 0 Å². The van der Waals surface area contributed by atoms with Gasteiger partial charge in [-0.15, -0.1) is 11.3 Å². The summed E-state index contributed by atoms with van der Waals surface area (Å²) < 4.78 is 6.32. The van der Waals surface area contributed by atoms with Crippen LogP contribution in [0.1, 0.15) is 23.7 Å². The van der Waals surface area contributed by atoms with E-state index in [1.54, 1.807) is 31.2 Å². The number of hydrogen-bond acceptors (Lipinski definition) is 6. The smallest absolute Gasteiger partial charge is 0.338 e. The van der Waals surface area contributed by atoms with Gasteiger partial charge in [0.05, 0.1) is 11.3 Å². The largest absolute Gasteiger partial charge is 0.449 e. The SMILES string of the molecule is CCC(OC(=O)c1ccc(N)cc1)C(=O)Nc1nc(-c2ccc(Br)cc2)cs1. The zero-order chi connectivity index (χ0) is 20.1. The van der Waals surface area contributed by atoms with Crippen LogP contribution >= 0.6 is 27.3 Å². The lowest BCUT2D eigenvalue weighted by Gasteiger charge is -2.15. The maximum Gasteiger partial charge on any atom is 0.338 e. The molecule has 3 N–H and O–H groups in total. The van der Waals surface area contributed by atoms with Gasteiger partial charge in [0.25, 0.3) is 5.91 Å². The van der Waals surface area contributed by atoms with E-state index in [2.05, 4.69) is 26.2 Å². The second-order valence-electron chi connectivity index (χ2n) is 5.96. The number of rotatable bonds is 6. The molecule has 1 aromatic heterocycles. The first kappa shape index (κ1) is 20.0. The summed E-state index contributed by atoms with van der Waals surface area (Å²) >= 11 is 4.71. The van der Waals surface area contributed by atoms with Gasteiger partial charge in [-0.25, -0.2) is 9.78 Å². The van der Waals surface area contributed by atoms with Crippen molar-refractivity contribution < 1.29 is 14.3 Å². The van der Waals surface area contributed by atoms with Gasteiger partial charge in [0.2, 0.25) is 0 Å². The number of nitrogens with two attached hydrogens (primary N) is 1. The molecule has 1 atom stereocenters. The number of carbonyl (C=O) groups excluding carboxylic acids is 2. The number of anilines is 2. The number of nitrogen functional groups attached to an aromatic ring is 1. The van der Waals surface area contributed by atoms with Crippen LogP contribution in [0.25, 0.3) is 11.3 Å². The molecule has 0 bridgehead atoms. The van der Waals surface area contributed by atoms with Crippen molar-refractivity contribution in [2.75, 3.05) is 11.1 Å². The first-order chi connectivity index (χ1) is 13.5. The molecular weight excluding hydrogens is 442 g/mol. The Labute approximate surface area is 174 Å². The van der Waals surface area contributed by atoms with E-state index >= 15 is 0 Å². The Kier molecular flexibility index (Phi) is 6.43. The summed E-state index contributed by atoms with van der Waals surface area (Å²) in [6, 6.07) is 14.1. The molecule has 3 rings (SSSR count). The summed E-state index contributed by atoms with van der Waals surface area (Å²) in [5, 5.41) is 5.03. The standard InChI is InChI=1S/C20H18BrN3O3S/c1-2-17(27-19(26)13-5-9-15(22)10-6-13)18(25)24-20-23-16(11-28-20)12-3-7-14(21)8-4-12/h3-11,17H,2,22H2,1H3,(H,23,24,25). The zero-order valence-corrected chi connectivity index (χ0v) is 17.4. The first-order valence-electron chi connectivity index (χ1n) is 8.55. The lowest BCUT2D eigenvalue weighted by atomic mass is 10.2. The summed E-state index contributed by atoms with van der Waals surface area (Å²) in [4.78, 5) is 29.2. The van der Waals surface area contributed by atoms with Crippen LogP contribution in [0.4, 0.5) is 10.8 Å². The van der Waals surface area contributed by atoms with Gasteiger partial charge < -0.3 is 10.5 Å². The van der Waals surface area contributed by atoms with Gasteiger partial charge in [-0.05, 0) is 42.8 Å². The van der Waals surface area contributed by atoms with E-state index in [9.17, 15) is 9.59 Å². The van der Waals surface area contributed by atoms with Crippen molar-refractivity contribution in [2.24, 2.45) is 0 Å². The number of nitrogens with one attached hydrogen (secondary N) is 1. The van der Waals surface area contributed by atoms with Gasteiger partial charge in [-0.2, -0.15) is 0 Å². The van der Waals surface area contributed by atoms with E-state index in [-0.39, 0.29) is 0 Å². The molecule has 0 spiro atoms. The molecule has 0 aliphatic carbocycles. The second-order valence-corrected chi connectivity index (χ2v) is 7.73. The van der Waals surface area contributed by atoms with Gasteiger partial charge in [-0.1, -0.05) is 35.0 Å². The molecule has 0 radical (unpaired) electrons. The number of ether oxygens (including phenoxy) is 1. The van der Waals surface area contributed by atoms with E-state index in [1.165, 1.54) is 11.3 Å². The highest BCUT2D eigenvalue weighted by molar-refractivity contribution is 9.10. The highest BCUT2D eigenvalue weighted by atomic mass is 79.9. The number of esters is 1. The lowest BCUT2D eigenvalue weighted by Crippen LogP contribution is -2.32. The minimum Gasteiger partial charge on any atom is -0.449 e. The van der Waals surface area contributed by atoms with Gasteiger partial charge in [-0.3, -0.25) is 10.1 Å². The predicted octanol–water partition coefficient (Wildman–Crippen LogP) is 4.73. The van der Waals surface area contributed by atoms with Crippen molar-refractivity contribution in [2.45, 2.75) is 19.4 Å². The van der Waals surface area contributed by atoms with Gasteiger partial charge >= 0.3 is 5.97 Å². The molecule has 1 unspecified atom stereocenters. The normalized spacial score (nSPS) is 11.6. The van der Waals surface area contributed by atoms with Crippen LogP contribution in [0.15, 0.2) is 58.4 Å². The Hall–Kier alpha value is -2.71. The third-order valence-electron chi connectivity index (χ3n) is 3.93. The Morgan fingerprint density at radius 2 is 1.86 bits per heavy atom. The highest BCUT2D eigenvalue weighted by Crippen LogP contribution is 2.26. The van der Waals surface area contributed by atoms with Crippen LogP contribution in [0.2, 0.25) is 0 Å². The molecular formula is C20H18BrN3O3S. The molecule has 0 saturated heterocycles. The minimum atomic E-state index is -0.912. The van der Waals surface area contributed by atoms with Crippen LogP contribution in [-0.4, -0.2) is 23.0 Å². The lowest BCUT2D eigenvalue weighted by molar-refractivity contribution is -0.124. The summed E-state index contributed by atoms with van der Waals surface area (Å²) in [6.45, 7) is 1.77. The Morgan fingerprint density at radius 1 is 1.18 bits per heavy atom. The maximum absolute atomic E-state index is 12.5.